The molecule has 1 atom stereocenters. The predicted molar refractivity (Wildman–Crippen MR) is 79.5 cm³/mol. The van der Waals surface area contributed by atoms with Gasteiger partial charge in [0, 0.05) is 18.5 Å². The maximum absolute atomic E-state index is 12.7. The summed E-state index contributed by atoms with van der Waals surface area (Å²) in [6.45, 7) is 3.26. The average molecular weight is 392 g/mol. The Balaban J connectivity index is 1.93. The average Bonchev–Trinajstić information content (AvgIpc) is 3.08. The summed E-state index contributed by atoms with van der Waals surface area (Å²) in [5, 5.41) is 0. The second kappa shape index (κ2) is 5.83. The van der Waals surface area contributed by atoms with Crippen molar-refractivity contribution in [1.82, 2.24) is 4.90 Å². The summed E-state index contributed by atoms with van der Waals surface area (Å²) < 4.78 is 79.5. The molecule has 2 heterocycles. The topological polar surface area (TPSA) is 59.0 Å². The molecule has 0 N–H and O–H groups in total. The van der Waals surface area contributed by atoms with E-state index in [0.717, 1.165) is 12.1 Å². The number of alkyl halides is 6. The van der Waals surface area contributed by atoms with E-state index >= 15 is 0 Å². The second-order valence-corrected chi connectivity index (χ2v) is 5.95. The van der Waals surface area contributed by atoms with Crippen molar-refractivity contribution in [2.45, 2.75) is 24.2 Å². The maximum atomic E-state index is 12.7. The van der Waals surface area contributed by atoms with Crippen LogP contribution in [0.25, 0.3) is 0 Å². The molecule has 0 aromatic heterocycles. The molecule has 5 nitrogen and oxygen atoms in total. The molecule has 1 spiro atoms. The number of esters is 1. The SMILES string of the molecule is C=C1N(C(=O)C(F)(F)F)CCC12C=Nc1ccc(OC(=O)C(F)(F)F)cc12. The van der Waals surface area contributed by atoms with Gasteiger partial charge in [0.15, 0.2) is 0 Å². The van der Waals surface area contributed by atoms with E-state index in [9.17, 15) is 35.9 Å². The molecule has 0 aliphatic carbocycles. The van der Waals surface area contributed by atoms with Gasteiger partial charge in [-0.25, -0.2) is 4.79 Å². The summed E-state index contributed by atoms with van der Waals surface area (Å²) in [6.07, 6.45) is -9.02. The van der Waals surface area contributed by atoms with Crippen molar-refractivity contribution in [3.63, 3.8) is 0 Å². The lowest BCUT2D eigenvalue weighted by atomic mass is 9.79. The van der Waals surface area contributed by atoms with Crippen LogP contribution in [0.1, 0.15) is 12.0 Å². The fourth-order valence-electron chi connectivity index (χ4n) is 3.08. The number of benzene rings is 1. The fraction of sp³-hybridized carbons (Fsp3) is 0.312. The quantitative estimate of drug-likeness (QED) is 0.418. The van der Waals surface area contributed by atoms with E-state index in [1.165, 1.54) is 12.3 Å². The highest BCUT2D eigenvalue weighted by Crippen LogP contribution is 2.50. The van der Waals surface area contributed by atoms with E-state index in [0.29, 0.717) is 4.90 Å². The van der Waals surface area contributed by atoms with Crippen LogP contribution in [0.15, 0.2) is 35.5 Å². The summed E-state index contributed by atoms with van der Waals surface area (Å²) in [4.78, 5) is 27.1. The van der Waals surface area contributed by atoms with Crippen LogP contribution in [0.3, 0.4) is 0 Å². The van der Waals surface area contributed by atoms with Crippen LogP contribution in [0, 0.1) is 0 Å². The molecule has 1 aromatic carbocycles. The second-order valence-electron chi connectivity index (χ2n) is 5.95. The molecule has 144 valence electrons. The van der Waals surface area contributed by atoms with E-state index in [4.69, 9.17) is 0 Å². The van der Waals surface area contributed by atoms with Gasteiger partial charge in [-0.05, 0) is 30.2 Å². The number of carbonyl (C=O) groups excluding carboxylic acids is 2. The fourth-order valence-corrected chi connectivity index (χ4v) is 3.08. The van der Waals surface area contributed by atoms with Gasteiger partial charge in [0.25, 0.3) is 0 Å². The van der Waals surface area contributed by atoms with E-state index in [1.54, 1.807) is 0 Å². The van der Waals surface area contributed by atoms with E-state index in [2.05, 4.69) is 16.3 Å². The monoisotopic (exact) mass is 392 g/mol. The first-order valence-corrected chi connectivity index (χ1v) is 7.43. The number of hydrogen-bond acceptors (Lipinski definition) is 4. The Hall–Kier alpha value is -2.85. The summed E-state index contributed by atoms with van der Waals surface area (Å²) in [7, 11) is 0. The molecule has 1 aromatic rings. The lowest BCUT2D eigenvalue weighted by Crippen LogP contribution is -2.40. The minimum absolute atomic E-state index is 0.000817. The number of aliphatic imine (C=N–C) groups is 1. The van der Waals surface area contributed by atoms with Gasteiger partial charge in [0.1, 0.15) is 5.75 Å². The Labute approximate surface area is 147 Å². The van der Waals surface area contributed by atoms with Gasteiger partial charge in [0.05, 0.1) is 11.1 Å². The Bertz CT molecular complexity index is 874. The van der Waals surface area contributed by atoms with Crippen molar-refractivity contribution in [3.05, 3.63) is 36.0 Å². The number of hydrogen-bond donors (Lipinski definition) is 0. The Kier molecular flexibility index (Phi) is 4.08. The van der Waals surface area contributed by atoms with Crippen LogP contribution < -0.4 is 4.74 Å². The summed E-state index contributed by atoms with van der Waals surface area (Å²) >= 11 is 0. The van der Waals surface area contributed by atoms with Gasteiger partial charge in [-0.15, -0.1) is 0 Å². The molecule has 1 fully saturated rings. The van der Waals surface area contributed by atoms with Crippen LogP contribution in [-0.2, 0) is 15.0 Å². The molecule has 2 aliphatic heterocycles. The number of nitrogens with zero attached hydrogens (tertiary/aromatic N) is 2. The van der Waals surface area contributed by atoms with Crippen molar-refractivity contribution in [2.24, 2.45) is 4.99 Å². The summed E-state index contributed by atoms with van der Waals surface area (Å²) in [5.74, 6) is -4.98. The van der Waals surface area contributed by atoms with Gasteiger partial charge >= 0.3 is 24.2 Å². The third-order valence-electron chi connectivity index (χ3n) is 4.37. The molecule has 11 heteroatoms. The Morgan fingerprint density at radius 3 is 2.41 bits per heavy atom. The summed E-state index contributed by atoms with van der Waals surface area (Å²) in [5.41, 5.74) is -1.02. The molecule has 2 aliphatic rings. The number of carbonyl (C=O) groups is 2. The zero-order valence-corrected chi connectivity index (χ0v) is 13.3. The highest BCUT2D eigenvalue weighted by molar-refractivity contribution is 5.93. The number of rotatable bonds is 1. The van der Waals surface area contributed by atoms with Gasteiger partial charge in [-0.3, -0.25) is 9.79 Å². The zero-order valence-electron chi connectivity index (χ0n) is 13.3. The smallest absolute Gasteiger partial charge is 0.420 e. The van der Waals surface area contributed by atoms with Gasteiger partial charge in [0.2, 0.25) is 0 Å². The number of ether oxygens (including phenoxy) is 1. The third-order valence-corrected chi connectivity index (χ3v) is 4.37. The van der Waals surface area contributed by atoms with E-state index < -0.39 is 35.4 Å². The molecule has 0 radical (unpaired) electrons. The molecular weight excluding hydrogens is 382 g/mol. The number of halogens is 6. The van der Waals surface area contributed by atoms with Crippen LogP contribution >= 0.6 is 0 Å². The van der Waals surface area contributed by atoms with Crippen LogP contribution in [0.2, 0.25) is 0 Å². The first kappa shape index (κ1) is 18.9. The number of fused-ring (bicyclic) bond motifs is 2. The lowest BCUT2D eigenvalue weighted by molar-refractivity contribution is -0.189. The maximum Gasteiger partial charge on any atom is 0.491 e. The molecule has 0 bridgehead atoms. The van der Waals surface area contributed by atoms with Crippen LogP contribution in [-0.4, -0.2) is 41.9 Å². The molecular formula is C16H10F6N2O3. The number of allylic oxidation sites excluding steroid dienone is 1. The van der Waals surface area contributed by atoms with Crippen molar-refractivity contribution in [1.29, 1.82) is 0 Å². The Morgan fingerprint density at radius 2 is 1.81 bits per heavy atom. The Morgan fingerprint density at radius 1 is 1.15 bits per heavy atom. The van der Waals surface area contributed by atoms with Crippen molar-refractivity contribution in [2.75, 3.05) is 6.54 Å². The van der Waals surface area contributed by atoms with Gasteiger partial charge < -0.3 is 9.64 Å². The lowest BCUT2D eigenvalue weighted by Gasteiger charge is -2.26. The van der Waals surface area contributed by atoms with Crippen LogP contribution in [0.5, 0.6) is 5.75 Å². The van der Waals surface area contributed by atoms with Crippen LogP contribution in [0.4, 0.5) is 32.0 Å². The molecule has 0 saturated carbocycles. The molecule has 3 rings (SSSR count). The first-order valence-electron chi connectivity index (χ1n) is 7.43. The number of likely N-dealkylation sites (tertiary alicyclic amines) is 1. The van der Waals surface area contributed by atoms with Gasteiger partial charge in [-0.2, -0.15) is 26.3 Å². The molecule has 1 saturated heterocycles. The van der Waals surface area contributed by atoms with E-state index in [1.807, 2.05) is 0 Å². The zero-order chi connectivity index (χ0) is 20.2. The van der Waals surface area contributed by atoms with E-state index in [-0.39, 0.29) is 29.9 Å². The molecule has 27 heavy (non-hydrogen) atoms. The normalized spacial score (nSPS) is 21.7. The largest absolute Gasteiger partial charge is 0.491 e. The molecule has 1 unspecified atom stereocenters. The van der Waals surface area contributed by atoms with Crippen molar-refractivity contribution >= 4 is 23.8 Å². The number of amides is 1. The first-order chi connectivity index (χ1) is 12.4. The minimum Gasteiger partial charge on any atom is -0.420 e. The summed E-state index contributed by atoms with van der Waals surface area (Å²) in [6, 6.07) is 3.43. The molecule has 1 amide bonds. The van der Waals surface area contributed by atoms with Crippen molar-refractivity contribution < 1.29 is 40.7 Å². The highest BCUT2D eigenvalue weighted by Gasteiger charge is 2.53. The minimum atomic E-state index is -5.21. The standard InChI is InChI=1S/C16H10F6N2O3/c1-8-14(4-5-24(8)12(25)15(17,18)19)7-23-11-3-2-9(6-10(11)14)27-13(26)16(20,21)22/h2-3,6-7H,1,4-5H2. The highest BCUT2D eigenvalue weighted by atomic mass is 19.4. The van der Waals surface area contributed by atoms with Gasteiger partial charge in [-0.1, -0.05) is 6.58 Å². The third kappa shape index (κ3) is 3.06. The van der Waals surface area contributed by atoms with Crippen molar-refractivity contribution in [3.8, 4) is 5.75 Å². The predicted octanol–water partition coefficient (Wildman–Crippen LogP) is 3.42.